The summed E-state index contributed by atoms with van der Waals surface area (Å²) < 4.78 is 6.94. The molecule has 2 heterocycles. The van der Waals surface area contributed by atoms with Gasteiger partial charge in [0.05, 0.1) is 11.4 Å². The number of carbonyl (C=O) groups is 2. The summed E-state index contributed by atoms with van der Waals surface area (Å²) >= 11 is 0. The number of esters is 1. The van der Waals surface area contributed by atoms with E-state index < -0.39 is 12.6 Å². The smallest absolute Gasteiger partial charge is 0.349 e. The predicted octanol–water partition coefficient (Wildman–Crippen LogP) is 3.53. The molecule has 0 fully saturated rings. The molecule has 0 N–H and O–H groups in total. The van der Waals surface area contributed by atoms with Crippen molar-refractivity contribution in [2.45, 2.75) is 20.3 Å². The topological polar surface area (TPSA) is 88.2 Å². The summed E-state index contributed by atoms with van der Waals surface area (Å²) in [4.78, 5) is 26.7. The van der Waals surface area contributed by atoms with Gasteiger partial charge in [-0.1, -0.05) is 36.4 Å². The minimum absolute atomic E-state index is 0.182. The Labute approximate surface area is 186 Å². The van der Waals surface area contributed by atoms with E-state index in [0.29, 0.717) is 17.8 Å². The number of anilines is 1. The highest BCUT2D eigenvalue weighted by Crippen LogP contribution is 2.27. The molecule has 2 aromatic carbocycles. The number of nitriles is 1. The van der Waals surface area contributed by atoms with E-state index in [1.54, 1.807) is 9.58 Å². The maximum absolute atomic E-state index is 12.6. The number of ether oxygens (including phenoxy) is 1. The number of nitrogens with zero attached hydrogens (tertiary/aromatic N) is 4. The molecule has 0 radical (unpaired) electrons. The van der Waals surface area contributed by atoms with Crippen LogP contribution in [-0.2, 0) is 20.7 Å². The standard InChI is InChI=1S/C25H22N4O3/c1-17-22(18(2)29(27-17)21-9-4-3-5-10-21)14-20(15-26)25(31)32-16-24(30)28-13-12-19-8-6-7-11-23(19)28/h3-11,14H,12-13,16H2,1-2H3/b20-14+. The highest BCUT2D eigenvalue weighted by atomic mass is 16.5. The number of benzene rings is 2. The monoisotopic (exact) mass is 426 g/mol. The molecule has 4 rings (SSSR count). The van der Waals surface area contributed by atoms with Crippen LogP contribution in [0.25, 0.3) is 11.8 Å². The minimum Gasteiger partial charge on any atom is -0.451 e. The number of amides is 1. The van der Waals surface area contributed by atoms with Crippen LogP contribution in [0.2, 0.25) is 0 Å². The summed E-state index contributed by atoms with van der Waals surface area (Å²) in [5.74, 6) is -1.15. The van der Waals surface area contributed by atoms with E-state index >= 15 is 0 Å². The van der Waals surface area contributed by atoms with Crippen LogP contribution in [0.1, 0.15) is 22.5 Å². The molecular formula is C25H22N4O3. The van der Waals surface area contributed by atoms with Crippen molar-refractivity contribution >= 4 is 23.6 Å². The lowest BCUT2D eigenvalue weighted by molar-refractivity contribution is -0.143. The molecule has 0 saturated carbocycles. The third kappa shape index (κ3) is 4.03. The Kier molecular flexibility index (Phi) is 5.86. The van der Waals surface area contributed by atoms with Crippen molar-refractivity contribution in [3.05, 3.63) is 82.7 Å². The quantitative estimate of drug-likeness (QED) is 0.354. The summed E-state index contributed by atoms with van der Waals surface area (Å²) in [5.41, 5.74) is 4.76. The number of rotatable bonds is 5. The van der Waals surface area contributed by atoms with Crippen molar-refractivity contribution in [3.63, 3.8) is 0 Å². The Bertz CT molecular complexity index is 1250. The Morgan fingerprint density at radius 1 is 1.12 bits per heavy atom. The molecule has 7 heteroatoms. The first-order valence-corrected chi connectivity index (χ1v) is 10.3. The van der Waals surface area contributed by atoms with Gasteiger partial charge in [-0.05, 0) is 50.1 Å². The normalized spacial score (nSPS) is 12.9. The van der Waals surface area contributed by atoms with Crippen molar-refractivity contribution in [2.75, 3.05) is 18.1 Å². The van der Waals surface area contributed by atoms with Crippen LogP contribution in [0, 0.1) is 25.2 Å². The summed E-state index contributed by atoms with van der Waals surface area (Å²) in [6, 6.07) is 19.1. The number of aromatic nitrogens is 2. The molecule has 0 saturated heterocycles. The fraction of sp³-hybridized carbons (Fsp3) is 0.200. The summed E-state index contributed by atoms with van der Waals surface area (Å²) in [5, 5.41) is 14.1. The predicted molar refractivity (Wildman–Crippen MR) is 120 cm³/mol. The van der Waals surface area contributed by atoms with Crippen LogP contribution in [0.15, 0.2) is 60.2 Å². The largest absolute Gasteiger partial charge is 0.451 e. The second-order valence-electron chi connectivity index (χ2n) is 7.50. The van der Waals surface area contributed by atoms with Crippen LogP contribution in [0.5, 0.6) is 0 Å². The van der Waals surface area contributed by atoms with Crippen molar-refractivity contribution in [2.24, 2.45) is 0 Å². The van der Waals surface area contributed by atoms with E-state index in [1.165, 1.54) is 6.08 Å². The first-order valence-electron chi connectivity index (χ1n) is 10.3. The van der Waals surface area contributed by atoms with Crippen molar-refractivity contribution in [1.82, 2.24) is 9.78 Å². The average molecular weight is 426 g/mol. The molecule has 7 nitrogen and oxygen atoms in total. The van der Waals surface area contributed by atoms with E-state index in [1.807, 2.05) is 74.5 Å². The van der Waals surface area contributed by atoms with Gasteiger partial charge in [-0.2, -0.15) is 10.4 Å². The fourth-order valence-electron chi connectivity index (χ4n) is 3.85. The molecule has 0 spiro atoms. The molecule has 32 heavy (non-hydrogen) atoms. The molecule has 160 valence electrons. The zero-order chi connectivity index (χ0) is 22.7. The van der Waals surface area contributed by atoms with Gasteiger partial charge in [0.1, 0.15) is 11.6 Å². The molecule has 0 bridgehead atoms. The van der Waals surface area contributed by atoms with Crippen LogP contribution >= 0.6 is 0 Å². The molecule has 1 aliphatic rings. The third-order valence-corrected chi connectivity index (χ3v) is 5.49. The number of hydrogen-bond acceptors (Lipinski definition) is 5. The molecule has 0 unspecified atom stereocenters. The second-order valence-corrected chi connectivity index (χ2v) is 7.50. The van der Waals surface area contributed by atoms with Crippen LogP contribution in [-0.4, -0.2) is 34.8 Å². The van der Waals surface area contributed by atoms with Gasteiger partial charge in [-0.3, -0.25) is 4.79 Å². The van der Waals surface area contributed by atoms with Crippen LogP contribution in [0.4, 0.5) is 5.69 Å². The van der Waals surface area contributed by atoms with Gasteiger partial charge in [-0.25, -0.2) is 9.48 Å². The number of aryl methyl sites for hydroxylation is 1. The Morgan fingerprint density at radius 3 is 2.59 bits per heavy atom. The van der Waals surface area contributed by atoms with E-state index in [9.17, 15) is 14.9 Å². The highest BCUT2D eigenvalue weighted by Gasteiger charge is 2.25. The number of carbonyl (C=O) groups excluding carboxylic acids is 2. The fourth-order valence-corrected chi connectivity index (χ4v) is 3.85. The van der Waals surface area contributed by atoms with Gasteiger partial charge in [-0.15, -0.1) is 0 Å². The zero-order valence-electron chi connectivity index (χ0n) is 17.9. The average Bonchev–Trinajstić information content (AvgIpc) is 3.37. The lowest BCUT2D eigenvalue weighted by atomic mass is 10.1. The second kappa shape index (κ2) is 8.90. The van der Waals surface area contributed by atoms with Crippen LogP contribution in [0.3, 0.4) is 0 Å². The first-order chi connectivity index (χ1) is 15.5. The third-order valence-electron chi connectivity index (χ3n) is 5.49. The molecule has 3 aromatic rings. The molecule has 1 aliphatic heterocycles. The SMILES string of the molecule is Cc1nn(-c2ccccc2)c(C)c1/C=C(\C#N)C(=O)OCC(=O)N1CCc2ccccc21. The molecule has 1 aromatic heterocycles. The minimum atomic E-state index is -0.834. The van der Waals surface area contributed by atoms with Crippen LogP contribution < -0.4 is 4.90 Å². The highest BCUT2D eigenvalue weighted by molar-refractivity contribution is 6.01. The van der Waals surface area contributed by atoms with E-state index in [0.717, 1.165) is 29.1 Å². The Balaban J connectivity index is 1.49. The molecule has 0 atom stereocenters. The van der Waals surface area contributed by atoms with Gasteiger partial charge >= 0.3 is 5.97 Å². The first kappa shape index (κ1) is 21.1. The molecule has 1 amide bonds. The Morgan fingerprint density at radius 2 is 1.84 bits per heavy atom. The Hall–Kier alpha value is -4.18. The van der Waals surface area contributed by atoms with Crippen molar-refractivity contribution in [3.8, 4) is 11.8 Å². The van der Waals surface area contributed by atoms with Gasteiger partial charge in [0, 0.05) is 23.5 Å². The van der Waals surface area contributed by atoms with E-state index in [-0.39, 0.29) is 11.5 Å². The lowest BCUT2D eigenvalue weighted by Crippen LogP contribution is -2.33. The number of hydrogen-bond donors (Lipinski definition) is 0. The van der Waals surface area contributed by atoms with Gasteiger partial charge in [0.2, 0.25) is 0 Å². The lowest BCUT2D eigenvalue weighted by Gasteiger charge is -2.17. The molecule has 0 aliphatic carbocycles. The van der Waals surface area contributed by atoms with Gasteiger partial charge in [0.15, 0.2) is 6.61 Å². The van der Waals surface area contributed by atoms with Gasteiger partial charge in [0.25, 0.3) is 5.91 Å². The summed E-state index contributed by atoms with van der Waals surface area (Å²) in [6.07, 6.45) is 2.23. The maximum atomic E-state index is 12.6. The van der Waals surface area contributed by atoms with E-state index in [4.69, 9.17) is 4.74 Å². The number of fused-ring (bicyclic) bond motifs is 1. The molecular weight excluding hydrogens is 404 g/mol. The van der Waals surface area contributed by atoms with Crippen molar-refractivity contribution < 1.29 is 14.3 Å². The van der Waals surface area contributed by atoms with Gasteiger partial charge < -0.3 is 9.64 Å². The van der Waals surface area contributed by atoms with E-state index in [2.05, 4.69) is 5.10 Å². The summed E-state index contributed by atoms with van der Waals surface area (Å²) in [7, 11) is 0. The number of para-hydroxylation sites is 2. The van der Waals surface area contributed by atoms with Crippen molar-refractivity contribution in [1.29, 1.82) is 5.26 Å². The summed E-state index contributed by atoms with van der Waals surface area (Å²) in [6.45, 7) is 3.81. The zero-order valence-corrected chi connectivity index (χ0v) is 17.9. The maximum Gasteiger partial charge on any atom is 0.349 e.